The molecule has 0 unspecified atom stereocenters. The van der Waals surface area contributed by atoms with Gasteiger partial charge in [0.25, 0.3) is 5.91 Å². The van der Waals surface area contributed by atoms with E-state index in [0.717, 1.165) is 29.5 Å². The molecule has 2 fully saturated rings. The summed E-state index contributed by atoms with van der Waals surface area (Å²) >= 11 is 3.03. The summed E-state index contributed by atoms with van der Waals surface area (Å²) in [5, 5.41) is 3.83. The van der Waals surface area contributed by atoms with E-state index in [1.807, 2.05) is 36.6 Å². The molecule has 6 nitrogen and oxygen atoms in total. The van der Waals surface area contributed by atoms with Gasteiger partial charge >= 0.3 is 0 Å². The number of nitrogens with zero attached hydrogens (tertiary/aromatic N) is 2. The number of hydrogen-bond donors (Lipinski definition) is 3. The fourth-order valence-corrected chi connectivity index (χ4v) is 5.06. The molecule has 2 aromatic rings. The van der Waals surface area contributed by atoms with Gasteiger partial charge in [-0.05, 0) is 94.1 Å². The van der Waals surface area contributed by atoms with Crippen LogP contribution in [0.4, 0.5) is 17.2 Å². The van der Waals surface area contributed by atoms with E-state index < -0.39 is 0 Å². The van der Waals surface area contributed by atoms with E-state index in [1.54, 1.807) is 11.9 Å². The molecule has 172 valence electrons. The number of benzene rings is 1. The first-order valence-corrected chi connectivity index (χ1v) is 13.2. The maximum absolute atomic E-state index is 13.3. The maximum atomic E-state index is 13.3. The molecule has 1 amide bonds. The highest BCUT2D eigenvalue weighted by Crippen LogP contribution is 2.54. The molecule has 0 radical (unpaired) electrons. The quantitative estimate of drug-likeness (QED) is 0.441. The fraction of sp³-hybridized carbons (Fsp3) is 0.500. The van der Waals surface area contributed by atoms with Crippen LogP contribution >= 0.6 is 23.9 Å². The number of piperidine rings is 1. The number of aromatic nitrogens is 1. The van der Waals surface area contributed by atoms with Gasteiger partial charge in [-0.3, -0.25) is 9.52 Å². The highest BCUT2D eigenvalue weighted by Gasteiger charge is 2.44. The molecule has 1 aliphatic heterocycles. The molecule has 2 aliphatic rings. The third-order valence-corrected chi connectivity index (χ3v) is 7.60. The predicted octanol–water partition coefficient (Wildman–Crippen LogP) is 5.80. The van der Waals surface area contributed by atoms with Gasteiger partial charge in [-0.15, -0.1) is 0 Å². The van der Waals surface area contributed by atoms with E-state index >= 15 is 0 Å². The monoisotopic (exact) mass is 471 g/mol. The number of pyridine rings is 1. The van der Waals surface area contributed by atoms with Crippen LogP contribution in [0, 0.1) is 5.41 Å². The Morgan fingerprint density at radius 1 is 1.09 bits per heavy atom. The average Bonchev–Trinajstić information content (AvgIpc) is 3.51. The third-order valence-electron chi connectivity index (χ3n) is 6.01. The van der Waals surface area contributed by atoms with Crippen LogP contribution in [0.5, 0.6) is 0 Å². The van der Waals surface area contributed by atoms with Crippen LogP contribution in [0.15, 0.2) is 41.4 Å². The molecule has 32 heavy (non-hydrogen) atoms. The van der Waals surface area contributed by atoms with Crippen molar-refractivity contribution >= 4 is 47.0 Å². The van der Waals surface area contributed by atoms with E-state index in [4.69, 9.17) is 0 Å². The van der Waals surface area contributed by atoms with E-state index in [2.05, 4.69) is 51.5 Å². The summed E-state index contributed by atoms with van der Waals surface area (Å²) < 4.78 is 6.66. The van der Waals surface area contributed by atoms with Gasteiger partial charge in [0, 0.05) is 30.6 Å². The molecule has 1 aromatic carbocycles. The first-order valence-electron chi connectivity index (χ1n) is 11.2. The zero-order valence-electron chi connectivity index (χ0n) is 19.3. The van der Waals surface area contributed by atoms with Gasteiger partial charge in [0.2, 0.25) is 0 Å². The molecule has 1 aliphatic carbocycles. The van der Waals surface area contributed by atoms with Crippen molar-refractivity contribution in [1.82, 2.24) is 9.71 Å². The van der Waals surface area contributed by atoms with Crippen molar-refractivity contribution < 1.29 is 4.79 Å². The van der Waals surface area contributed by atoms with Gasteiger partial charge < -0.3 is 14.9 Å². The van der Waals surface area contributed by atoms with Crippen molar-refractivity contribution in [2.45, 2.75) is 57.0 Å². The van der Waals surface area contributed by atoms with Crippen molar-refractivity contribution in [2.75, 3.05) is 34.3 Å². The number of nitrogens with one attached hydrogen (secondary N) is 3. The summed E-state index contributed by atoms with van der Waals surface area (Å²) in [7, 11) is 0. The van der Waals surface area contributed by atoms with Crippen molar-refractivity contribution in [3.05, 3.63) is 42.0 Å². The Morgan fingerprint density at radius 3 is 2.50 bits per heavy atom. The summed E-state index contributed by atoms with van der Waals surface area (Å²) in [5.74, 6) is 0.435. The Balaban J connectivity index is 1.51. The van der Waals surface area contributed by atoms with Crippen molar-refractivity contribution in [3.63, 3.8) is 0 Å². The average molecular weight is 472 g/mol. The number of carbonyl (C=O) groups is 1. The topological polar surface area (TPSA) is 69.3 Å². The molecule has 8 heteroatoms. The molecule has 4 rings (SSSR count). The predicted molar refractivity (Wildman–Crippen MR) is 138 cm³/mol. The lowest BCUT2D eigenvalue weighted by Gasteiger charge is -2.35. The van der Waals surface area contributed by atoms with Crippen LogP contribution in [0.3, 0.4) is 0 Å². The highest BCUT2D eigenvalue weighted by atomic mass is 32.2. The standard InChI is InChI=1S/C24H33N5OS2/c1-23(2,3)28-32-21-7-5-6-20(25-21)26-22(30)18-9-8-17(27-31-4)16-19(18)29-14-12-24(10-11-24)13-15-29/h5-9,16,27-28H,10-15H2,1-4H3,(H,25,26,30). The van der Waals surface area contributed by atoms with E-state index in [9.17, 15) is 4.79 Å². The smallest absolute Gasteiger partial charge is 0.258 e. The molecular weight excluding hydrogens is 438 g/mol. The van der Waals surface area contributed by atoms with Crippen LogP contribution in [0.2, 0.25) is 0 Å². The fourth-order valence-electron chi connectivity index (χ4n) is 4.00. The number of hydrogen-bond acceptors (Lipinski definition) is 7. The van der Waals surface area contributed by atoms with Gasteiger partial charge in [0.15, 0.2) is 0 Å². The lowest BCUT2D eigenvalue weighted by Crippen LogP contribution is -2.35. The zero-order valence-corrected chi connectivity index (χ0v) is 21.0. The number of carbonyl (C=O) groups excluding carboxylic acids is 1. The summed E-state index contributed by atoms with van der Waals surface area (Å²) in [4.78, 5) is 20.3. The normalized spacial score (nSPS) is 17.3. The summed E-state index contributed by atoms with van der Waals surface area (Å²) in [6.07, 6.45) is 7.17. The van der Waals surface area contributed by atoms with Gasteiger partial charge in [-0.25, -0.2) is 4.98 Å². The van der Waals surface area contributed by atoms with Crippen molar-refractivity contribution in [1.29, 1.82) is 0 Å². The highest BCUT2D eigenvalue weighted by molar-refractivity contribution is 7.99. The van der Waals surface area contributed by atoms with Crippen LogP contribution in [-0.2, 0) is 0 Å². The lowest BCUT2D eigenvalue weighted by atomic mass is 9.93. The van der Waals surface area contributed by atoms with Crippen molar-refractivity contribution in [2.24, 2.45) is 5.41 Å². The molecule has 0 atom stereocenters. The van der Waals surface area contributed by atoms with Crippen LogP contribution in [0.1, 0.15) is 56.8 Å². The molecular formula is C24H33N5OS2. The Hall–Kier alpha value is -1.90. The van der Waals surface area contributed by atoms with Gasteiger partial charge in [0.1, 0.15) is 10.8 Å². The van der Waals surface area contributed by atoms with Crippen LogP contribution < -0.4 is 19.7 Å². The number of amides is 1. The molecule has 1 spiro atoms. The second-order valence-corrected chi connectivity index (χ2v) is 11.2. The molecule has 1 saturated heterocycles. The van der Waals surface area contributed by atoms with E-state index in [0.29, 0.717) is 16.8 Å². The lowest BCUT2D eigenvalue weighted by molar-refractivity contribution is 0.102. The Labute approximate surface area is 200 Å². The van der Waals surface area contributed by atoms with Gasteiger partial charge in [-0.2, -0.15) is 0 Å². The molecule has 0 bridgehead atoms. The second-order valence-electron chi connectivity index (χ2n) is 9.79. The second kappa shape index (κ2) is 9.53. The Kier molecular flexibility index (Phi) is 6.93. The molecule has 1 aromatic heterocycles. The number of anilines is 3. The van der Waals surface area contributed by atoms with Crippen LogP contribution in [-0.4, -0.2) is 35.8 Å². The molecule has 1 saturated carbocycles. The minimum atomic E-state index is -0.124. The largest absolute Gasteiger partial charge is 0.371 e. The van der Waals surface area contributed by atoms with Crippen LogP contribution in [0.25, 0.3) is 0 Å². The minimum absolute atomic E-state index is 0.0272. The number of rotatable bonds is 7. The first-order chi connectivity index (χ1) is 15.3. The summed E-state index contributed by atoms with van der Waals surface area (Å²) in [6.45, 7) is 8.33. The molecule has 3 N–H and O–H groups in total. The third kappa shape index (κ3) is 5.91. The first kappa shape index (κ1) is 23.3. The maximum Gasteiger partial charge on any atom is 0.258 e. The SMILES string of the molecule is CSNc1ccc(C(=O)Nc2cccc(SNC(C)(C)C)n2)c(N2CCC3(CC2)CC3)c1. The minimum Gasteiger partial charge on any atom is -0.371 e. The molecule has 2 heterocycles. The summed E-state index contributed by atoms with van der Waals surface area (Å²) in [6, 6.07) is 11.7. The Morgan fingerprint density at radius 2 is 1.84 bits per heavy atom. The van der Waals surface area contributed by atoms with Gasteiger partial charge in [-0.1, -0.05) is 18.0 Å². The van der Waals surface area contributed by atoms with Crippen molar-refractivity contribution in [3.8, 4) is 0 Å². The van der Waals surface area contributed by atoms with E-state index in [1.165, 1.54) is 37.6 Å². The van der Waals surface area contributed by atoms with Gasteiger partial charge in [0.05, 0.1) is 11.3 Å². The van der Waals surface area contributed by atoms with E-state index in [-0.39, 0.29) is 11.4 Å². The zero-order chi connectivity index (χ0) is 22.8. The Bertz CT molecular complexity index is 961. The summed E-state index contributed by atoms with van der Waals surface area (Å²) in [5.41, 5.74) is 3.27.